The third kappa shape index (κ3) is 5.30. The summed E-state index contributed by atoms with van der Waals surface area (Å²) < 4.78 is 5.74. The van der Waals surface area contributed by atoms with Gasteiger partial charge in [-0.05, 0) is 38.5 Å². The lowest BCUT2D eigenvalue weighted by Gasteiger charge is -2.09. The molecule has 0 radical (unpaired) electrons. The third-order valence-electron chi connectivity index (χ3n) is 3.48. The molecule has 0 saturated heterocycles. The number of aliphatic imine (C=N–C) groups is 1. The zero-order valence-electron chi connectivity index (χ0n) is 14.7. The number of nitrogens with two attached hydrogens (primary N) is 1. The zero-order chi connectivity index (χ0) is 17.4. The Balaban J connectivity index is 2.01. The number of aromatic nitrogens is 1. The van der Waals surface area contributed by atoms with Crippen LogP contribution < -0.4 is 15.9 Å². The van der Waals surface area contributed by atoms with E-state index in [1.165, 1.54) is 6.42 Å². The molecule has 0 spiro atoms. The van der Waals surface area contributed by atoms with Gasteiger partial charge in [-0.3, -0.25) is 4.99 Å². The molecule has 0 fully saturated rings. The van der Waals surface area contributed by atoms with E-state index in [2.05, 4.69) is 27.4 Å². The fraction of sp³-hybridized carbons (Fsp3) is 0.444. The van der Waals surface area contributed by atoms with Crippen LogP contribution in [0.1, 0.15) is 45.6 Å². The fourth-order valence-electron chi connectivity index (χ4n) is 2.34. The minimum atomic E-state index is 0.142. The molecule has 6 nitrogen and oxygen atoms in total. The van der Waals surface area contributed by atoms with Crippen molar-refractivity contribution in [2.45, 2.75) is 46.1 Å². The SMILES string of the molecule is CCCCCN=C(N)N/N=C/c1c[nH]c2ccc(OC(C)C)cc12. The van der Waals surface area contributed by atoms with E-state index in [1.54, 1.807) is 6.21 Å². The molecule has 1 aromatic heterocycles. The highest BCUT2D eigenvalue weighted by Crippen LogP contribution is 2.23. The summed E-state index contributed by atoms with van der Waals surface area (Å²) in [6.45, 7) is 6.91. The van der Waals surface area contributed by atoms with Gasteiger partial charge in [-0.15, -0.1) is 0 Å². The summed E-state index contributed by atoms with van der Waals surface area (Å²) >= 11 is 0. The zero-order valence-corrected chi connectivity index (χ0v) is 14.7. The van der Waals surface area contributed by atoms with Crippen LogP contribution in [0.4, 0.5) is 0 Å². The topological polar surface area (TPSA) is 87.8 Å². The molecule has 6 heteroatoms. The van der Waals surface area contributed by atoms with Crippen LogP contribution in [-0.4, -0.2) is 29.8 Å². The van der Waals surface area contributed by atoms with Crippen LogP contribution >= 0.6 is 0 Å². The second kappa shape index (κ2) is 8.96. The number of aromatic amines is 1. The number of nitrogens with zero attached hydrogens (tertiary/aromatic N) is 2. The molecule has 4 N–H and O–H groups in total. The molecule has 0 aliphatic carbocycles. The maximum atomic E-state index is 5.78. The van der Waals surface area contributed by atoms with Crippen LogP contribution in [0, 0.1) is 0 Å². The highest BCUT2D eigenvalue weighted by Gasteiger charge is 2.05. The summed E-state index contributed by atoms with van der Waals surface area (Å²) in [6, 6.07) is 5.97. The number of hydrogen-bond donors (Lipinski definition) is 3. The lowest BCUT2D eigenvalue weighted by Crippen LogP contribution is -2.27. The van der Waals surface area contributed by atoms with Crippen LogP contribution in [0.25, 0.3) is 10.9 Å². The Morgan fingerprint density at radius 3 is 2.96 bits per heavy atom. The maximum absolute atomic E-state index is 5.78. The molecule has 0 saturated carbocycles. The maximum Gasteiger partial charge on any atom is 0.209 e. The summed E-state index contributed by atoms with van der Waals surface area (Å²) in [5, 5.41) is 5.21. The van der Waals surface area contributed by atoms with Crippen molar-refractivity contribution >= 4 is 23.1 Å². The first-order chi connectivity index (χ1) is 11.6. The Labute approximate surface area is 143 Å². The van der Waals surface area contributed by atoms with Crippen molar-refractivity contribution in [2.24, 2.45) is 15.8 Å². The lowest BCUT2D eigenvalue weighted by atomic mass is 10.2. The van der Waals surface area contributed by atoms with Crippen LogP contribution in [0.2, 0.25) is 0 Å². The van der Waals surface area contributed by atoms with Crippen molar-refractivity contribution in [3.8, 4) is 5.75 Å². The Morgan fingerprint density at radius 2 is 2.21 bits per heavy atom. The van der Waals surface area contributed by atoms with Gasteiger partial charge in [-0.2, -0.15) is 5.10 Å². The number of rotatable bonds is 8. The van der Waals surface area contributed by atoms with E-state index in [9.17, 15) is 0 Å². The number of hydrogen-bond acceptors (Lipinski definition) is 3. The quantitative estimate of drug-likeness (QED) is 0.300. The number of fused-ring (bicyclic) bond motifs is 1. The monoisotopic (exact) mass is 329 g/mol. The van der Waals surface area contributed by atoms with Gasteiger partial charge in [0.1, 0.15) is 5.75 Å². The van der Waals surface area contributed by atoms with Gasteiger partial charge in [0.05, 0.1) is 12.3 Å². The second-order valence-electron chi connectivity index (χ2n) is 5.96. The molecule has 24 heavy (non-hydrogen) atoms. The first-order valence-corrected chi connectivity index (χ1v) is 8.47. The van der Waals surface area contributed by atoms with Crippen LogP contribution in [0.15, 0.2) is 34.5 Å². The van der Waals surface area contributed by atoms with Gasteiger partial charge in [-0.25, -0.2) is 5.43 Å². The minimum Gasteiger partial charge on any atom is -0.491 e. The van der Waals surface area contributed by atoms with Gasteiger partial charge in [0.25, 0.3) is 0 Å². The van der Waals surface area contributed by atoms with E-state index in [0.29, 0.717) is 5.96 Å². The molecule has 0 atom stereocenters. The van der Waals surface area contributed by atoms with E-state index in [1.807, 2.05) is 38.2 Å². The molecule has 1 aromatic carbocycles. The molecular formula is C18H27N5O. The van der Waals surface area contributed by atoms with Crippen LogP contribution in [0.3, 0.4) is 0 Å². The van der Waals surface area contributed by atoms with E-state index >= 15 is 0 Å². The van der Waals surface area contributed by atoms with E-state index < -0.39 is 0 Å². The molecule has 2 aromatic rings. The average Bonchev–Trinajstić information content (AvgIpc) is 2.94. The fourth-order valence-corrected chi connectivity index (χ4v) is 2.34. The number of nitrogens with one attached hydrogen (secondary N) is 2. The van der Waals surface area contributed by atoms with Crippen molar-refractivity contribution < 1.29 is 4.74 Å². The number of guanidine groups is 1. The molecule has 0 aliphatic heterocycles. The Morgan fingerprint density at radius 1 is 1.38 bits per heavy atom. The molecule has 0 unspecified atom stereocenters. The van der Waals surface area contributed by atoms with Crippen LogP contribution in [-0.2, 0) is 0 Å². The number of benzene rings is 1. The highest BCUT2D eigenvalue weighted by atomic mass is 16.5. The second-order valence-corrected chi connectivity index (χ2v) is 5.96. The van der Waals surface area contributed by atoms with E-state index in [-0.39, 0.29) is 6.10 Å². The third-order valence-corrected chi connectivity index (χ3v) is 3.48. The predicted octanol–water partition coefficient (Wildman–Crippen LogP) is 3.38. The average molecular weight is 329 g/mol. The number of H-pyrrole nitrogens is 1. The van der Waals surface area contributed by atoms with Crippen molar-refractivity contribution in [1.29, 1.82) is 0 Å². The van der Waals surface area contributed by atoms with Crippen molar-refractivity contribution in [2.75, 3.05) is 6.54 Å². The van der Waals surface area contributed by atoms with Gasteiger partial charge in [0.15, 0.2) is 0 Å². The highest BCUT2D eigenvalue weighted by molar-refractivity contribution is 5.99. The van der Waals surface area contributed by atoms with E-state index in [0.717, 1.165) is 41.6 Å². The predicted molar refractivity (Wildman–Crippen MR) is 101 cm³/mol. The van der Waals surface area contributed by atoms with Crippen molar-refractivity contribution in [3.63, 3.8) is 0 Å². The number of unbranched alkanes of at least 4 members (excludes halogenated alkanes) is 2. The van der Waals surface area contributed by atoms with Gasteiger partial charge in [0, 0.05) is 29.2 Å². The largest absolute Gasteiger partial charge is 0.491 e. The number of hydrazone groups is 1. The van der Waals surface area contributed by atoms with Gasteiger partial charge in [0.2, 0.25) is 5.96 Å². The summed E-state index contributed by atoms with van der Waals surface area (Å²) in [5.41, 5.74) is 10.5. The molecule has 0 amide bonds. The van der Waals surface area contributed by atoms with E-state index in [4.69, 9.17) is 10.5 Å². The standard InChI is InChI=1S/C18H27N5O/c1-4-5-6-9-20-18(19)23-22-12-14-11-21-17-8-7-15(10-16(14)17)24-13(2)3/h7-8,10-13,21H,4-6,9H2,1-3H3,(H3,19,20,23)/b22-12+. The summed E-state index contributed by atoms with van der Waals surface area (Å²) in [4.78, 5) is 7.45. The summed E-state index contributed by atoms with van der Waals surface area (Å²) in [5.74, 6) is 1.18. The Hall–Kier alpha value is -2.50. The Kier molecular flexibility index (Phi) is 6.66. The summed E-state index contributed by atoms with van der Waals surface area (Å²) in [6.07, 6.45) is 7.16. The first-order valence-electron chi connectivity index (χ1n) is 8.47. The Bertz CT molecular complexity index is 702. The molecular weight excluding hydrogens is 302 g/mol. The first kappa shape index (κ1) is 17.8. The van der Waals surface area contributed by atoms with Crippen molar-refractivity contribution in [3.05, 3.63) is 30.0 Å². The van der Waals surface area contributed by atoms with Crippen LogP contribution in [0.5, 0.6) is 5.75 Å². The van der Waals surface area contributed by atoms with Gasteiger partial charge < -0.3 is 15.5 Å². The normalized spacial score (nSPS) is 12.4. The van der Waals surface area contributed by atoms with Gasteiger partial charge >= 0.3 is 0 Å². The molecule has 0 bridgehead atoms. The molecule has 2 rings (SSSR count). The summed E-state index contributed by atoms with van der Waals surface area (Å²) in [7, 11) is 0. The van der Waals surface area contributed by atoms with Crippen molar-refractivity contribution in [1.82, 2.24) is 10.4 Å². The minimum absolute atomic E-state index is 0.142. The molecule has 1 heterocycles. The lowest BCUT2D eigenvalue weighted by molar-refractivity contribution is 0.243. The van der Waals surface area contributed by atoms with Gasteiger partial charge in [-0.1, -0.05) is 19.8 Å². The smallest absolute Gasteiger partial charge is 0.209 e. The number of ether oxygens (including phenoxy) is 1. The molecule has 0 aliphatic rings. The molecule has 130 valence electrons.